The summed E-state index contributed by atoms with van der Waals surface area (Å²) in [5.41, 5.74) is 5.55. The second-order valence-electron chi connectivity index (χ2n) is 4.50. The molecule has 0 spiro atoms. The Morgan fingerprint density at radius 1 is 1.44 bits per heavy atom. The van der Waals surface area contributed by atoms with Crippen LogP contribution in [0.3, 0.4) is 0 Å². The molecule has 0 saturated heterocycles. The van der Waals surface area contributed by atoms with E-state index in [4.69, 9.17) is 5.73 Å². The molecule has 0 saturated carbocycles. The third-order valence-electron chi connectivity index (χ3n) is 2.79. The highest BCUT2D eigenvalue weighted by atomic mass is 19.2. The summed E-state index contributed by atoms with van der Waals surface area (Å²) in [6.07, 6.45) is -0.141. The van der Waals surface area contributed by atoms with Crippen LogP contribution in [-0.4, -0.2) is 30.9 Å². The number of benzene rings is 1. The van der Waals surface area contributed by atoms with Gasteiger partial charge in [0.05, 0.1) is 6.42 Å². The third-order valence-corrected chi connectivity index (χ3v) is 2.79. The monoisotopic (exact) mass is 256 g/mol. The normalized spacial score (nSPS) is 12.3. The molecule has 0 radical (unpaired) electrons. The van der Waals surface area contributed by atoms with Crippen LogP contribution < -0.4 is 5.73 Å². The molecule has 0 heterocycles. The van der Waals surface area contributed by atoms with Gasteiger partial charge in [0.1, 0.15) is 0 Å². The topological polar surface area (TPSA) is 46.3 Å². The number of amides is 1. The van der Waals surface area contributed by atoms with E-state index in [9.17, 15) is 13.6 Å². The van der Waals surface area contributed by atoms with Gasteiger partial charge in [0.15, 0.2) is 11.6 Å². The Bertz CT molecular complexity index is 423. The van der Waals surface area contributed by atoms with E-state index < -0.39 is 11.6 Å². The molecule has 0 aromatic heterocycles. The fraction of sp³-hybridized carbons (Fsp3) is 0.462. The molecule has 1 atom stereocenters. The zero-order chi connectivity index (χ0) is 13.7. The maximum atomic E-state index is 13.4. The smallest absolute Gasteiger partial charge is 0.226 e. The Hall–Kier alpha value is -1.49. The van der Waals surface area contributed by atoms with E-state index in [-0.39, 0.29) is 23.8 Å². The van der Waals surface area contributed by atoms with Crippen molar-refractivity contribution in [2.24, 2.45) is 11.7 Å². The number of halogens is 2. The second kappa shape index (κ2) is 6.44. The number of rotatable bonds is 5. The number of likely N-dealkylation sites (N-methyl/N-ethyl adjacent to an activating group) is 1. The molecule has 2 N–H and O–H groups in total. The van der Waals surface area contributed by atoms with Crippen LogP contribution >= 0.6 is 0 Å². The summed E-state index contributed by atoms with van der Waals surface area (Å²) in [6, 6.07) is 3.84. The van der Waals surface area contributed by atoms with Gasteiger partial charge in [-0.3, -0.25) is 4.79 Å². The lowest BCUT2D eigenvalue weighted by Gasteiger charge is -2.20. The first kappa shape index (κ1) is 14.6. The average molecular weight is 256 g/mol. The predicted molar refractivity (Wildman–Crippen MR) is 65.9 cm³/mol. The van der Waals surface area contributed by atoms with Gasteiger partial charge in [-0.2, -0.15) is 0 Å². The van der Waals surface area contributed by atoms with E-state index in [0.29, 0.717) is 13.1 Å². The van der Waals surface area contributed by atoms with Crippen molar-refractivity contribution in [3.05, 3.63) is 35.4 Å². The summed E-state index contributed by atoms with van der Waals surface area (Å²) in [5, 5.41) is 0. The summed E-state index contributed by atoms with van der Waals surface area (Å²) in [5.74, 6) is -1.96. The quantitative estimate of drug-likeness (QED) is 0.869. The van der Waals surface area contributed by atoms with Crippen molar-refractivity contribution in [3.8, 4) is 0 Å². The van der Waals surface area contributed by atoms with Gasteiger partial charge in [-0.15, -0.1) is 0 Å². The van der Waals surface area contributed by atoms with E-state index in [1.807, 2.05) is 6.92 Å². The number of nitrogens with zero attached hydrogens (tertiary/aromatic N) is 1. The molecule has 5 heteroatoms. The van der Waals surface area contributed by atoms with Crippen LogP contribution in [0, 0.1) is 17.6 Å². The van der Waals surface area contributed by atoms with Crippen LogP contribution in [-0.2, 0) is 11.2 Å². The first-order valence-corrected chi connectivity index (χ1v) is 5.82. The summed E-state index contributed by atoms with van der Waals surface area (Å²) < 4.78 is 26.4. The molecule has 1 aromatic carbocycles. The molecule has 1 unspecified atom stereocenters. The molecule has 0 aliphatic rings. The molecular formula is C13H18F2N2O. The summed E-state index contributed by atoms with van der Waals surface area (Å²) in [7, 11) is 1.63. The van der Waals surface area contributed by atoms with Crippen molar-refractivity contribution in [2.45, 2.75) is 13.3 Å². The van der Waals surface area contributed by atoms with Crippen LogP contribution in [0.5, 0.6) is 0 Å². The van der Waals surface area contributed by atoms with Gasteiger partial charge in [-0.1, -0.05) is 19.1 Å². The lowest BCUT2D eigenvalue weighted by Crippen LogP contribution is -2.34. The van der Waals surface area contributed by atoms with Crippen molar-refractivity contribution < 1.29 is 13.6 Å². The average Bonchev–Trinajstić information content (AvgIpc) is 2.34. The Balaban J connectivity index is 2.67. The summed E-state index contributed by atoms with van der Waals surface area (Å²) in [4.78, 5) is 13.3. The van der Waals surface area contributed by atoms with Gasteiger partial charge >= 0.3 is 0 Å². The van der Waals surface area contributed by atoms with Gasteiger partial charge in [-0.05, 0) is 18.5 Å². The zero-order valence-corrected chi connectivity index (χ0v) is 10.6. The highest BCUT2D eigenvalue weighted by molar-refractivity contribution is 5.78. The van der Waals surface area contributed by atoms with Crippen LogP contribution in [0.4, 0.5) is 8.78 Å². The van der Waals surface area contributed by atoms with E-state index in [2.05, 4.69) is 0 Å². The van der Waals surface area contributed by atoms with Crippen LogP contribution in [0.2, 0.25) is 0 Å². The zero-order valence-electron chi connectivity index (χ0n) is 10.6. The van der Waals surface area contributed by atoms with Crippen molar-refractivity contribution in [3.63, 3.8) is 0 Å². The lowest BCUT2D eigenvalue weighted by atomic mass is 10.1. The van der Waals surface area contributed by atoms with Crippen LogP contribution in [0.15, 0.2) is 18.2 Å². The lowest BCUT2D eigenvalue weighted by molar-refractivity contribution is -0.129. The molecule has 3 nitrogen and oxygen atoms in total. The Kier molecular flexibility index (Phi) is 5.22. The fourth-order valence-corrected chi connectivity index (χ4v) is 1.63. The van der Waals surface area contributed by atoms with Crippen LogP contribution in [0.1, 0.15) is 12.5 Å². The largest absolute Gasteiger partial charge is 0.345 e. The Morgan fingerprint density at radius 3 is 2.72 bits per heavy atom. The van der Waals surface area contributed by atoms with E-state index in [1.165, 1.54) is 17.0 Å². The second-order valence-corrected chi connectivity index (χ2v) is 4.50. The first-order valence-electron chi connectivity index (χ1n) is 5.82. The predicted octanol–water partition coefficient (Wildman–Crippen LogP) is 1.56. The van der Waals surface area contributed by atoms with E-state index >= 15 is 0 Å². The van der Waals surface area contributed by atoms with Gasteiger partial charge in [0.25, 0.3) is 0 Å². The molecule has 1 aromatic rings. The molecule has 0 bridgehead atoms. The molecule has 1 rings (SSSR count). The Morgan fingerprint density at radius 2 is 2.11 bits per heavy atom. The number of nitrogens with two attached hydrogens (primary N) is 1. The minimum atomic E-state index is -0.953. The highest BCUT2D eigenvalue weighted by Crippen LogP contribution is 2.13. The summed E-state index contributed by atoms with van der Waals surface area (Å²) in [6.45, 7) is 2.91. The van der Waals surface area contributed by atoms with E-state index in [0.717, 1.165) is 6.07 Å². The number of hydrogen-bond acceptors (Lipinski definition) is 2. The van der Waals surface area contributed by atoms with Crippen LogP contribution in [0.25, 0.3) is 0 Å². The molecule has 0 fully saturated rings. The number of carbonyl (C=O) groups is 1. The van der Waals surface area contributed by atoms with Crippen molar-refractivity contribution >= 4 is 5.91 Å². The molecule has 0 aliphatic carbocycles. The Labute approximate surface area is 106 Å². The minimum Gasteiger partial charge on any atom is -0.345 e. The molecule has 1 amide bonds. The fourth-order valence-electron chi connectivity index (χ4n) is 1.63. The molecular weight excluding hydrogens is 238 g/mol. The minimum absolute atomic E-state index is 0.0762. The van der Waals surface area contributed by atoms with Crippen molar-refractivity contribution in [1.82, 2.24) is 4.90 Å². The standard InChI is InChI=1S/C13H18F2N2O/c1-9(7-16)8-17(2)12(18)6-10-4-3-5-11(14)13(10)15/h3-5,9H,6-8,16H2,1-2H3. The maximum absolute atomic E-state index is 13.4. The first-order chi connectivity index (χ1) is 8.45. The molecule has 18 heavy (non-hydrogen) atoms. The number of hydrogen-bond donors (Lipinski definition) is 1. The molecule has 0 aliphatic heterocycles. The maximum Gasteiger partial charge on any atom is 0.226 e. The third kappa shape index (κ3) is 3.77. The number of carbonyl (C=O) groups excluding carboxylic acids is 1. The van der Waals surface area contributed by atoms with Gasteiger partial charge in [0.2, 0.25) is 5.91 Å². The van der Waals surface area contributed by atoms with Gasteiger partial charge < -0.3 is 10.6 Å². The molecule has 100 valence electrons. The van der Waals surface area contributed by atoms with Gasteiger partial charge in [-0.25, -0.2) is 8.78 Å². The van der Waals surface area contributed by atoms with Gasteiger partial charge in [0, 0.05) is 19.2 Å². The van der Waals surface area contributed by atoms with Crippen molar-refractivity contribution in [1.29, 1.82) is 0 Å². The SMILES string of the molecule is CC(CN)CN(C)C(=O)Cc1cccc(F)c1F. The summed E-state index contributed by atoms with van der Waals surface area (Å²) >= 11 is 0. The highest BCUT2D eigenvalue weighted by Gasteiger charge is 2.15. The van der Waals surface area contributed by atoms with E-state index in [1.54, 1.807) is 7.05 Å². The van der Waals surface area contributed by atoms with Crippen molar-refractivity contribution in [2.75, 3.05) is 20.1 Å².